The van der Waals surface area contributed by atoms with Crippen molar-refractivity contribution in [3.05, 3.63) is 50.5 Å². The summed E-state index contributed by atoms with van der Waals surface area (Å²) in [6, 6.07) is 3.42. The Kier molecular flexibility index (Phi) is 5.75. The van der Waals surface area contributed by atoms with Crippen molar-refractivity contribution in [2.24, 2.45) is 5.73 Å². The zero-order valence-corrected chi connectivity index (χ0v) is 15.7. The number of alkyl halides is 3. The lowest BCUT2D eigenvalue weighted by molar-refractivity contribution is -0.141. The molecular weight excluding hydrogens is 433 g/mol. The van der Waals surface area contributed by atoms with Crippen LogP contribution in [0.5, 0.6) is 5.75 Å². The summed E-state index contributed by atoms with van der Waals surface area (Å²) in [5, 5.41) is 19.8. The fourth-order valence-corrected chi connectivity index (χ4v) is 3.11. The molecule has 1 heterocycles. The zero-order valence-electron chi connectivity index (χ0n) is 14.1. The number of allylic oxidation sites excluding steroid dienone is 2. The Morgan fingerprint density at radius 3 is 2.63 bits per heavy atom. The van der Waals surface area contributed by atoms with Crippen LogP contribution in [0.1, 0.15) is 30.9 Å². The topological polar surface area (TPSA) is 106 Å². The highest BCUT2D eigenvalue weighted by atomic mass is 79.9. The molecular formula is C17H14BrF3N2O4. The van der Waals surface area contributed by atoms with Gasteiger partial charge in [-0.2, -0.15) is 18.4 Å². The summed E-state index contributed by atoms with van der Waals surface area (Å²) in [6.07, 6.45) is -4.87. The van der Waals surface area contributed by atoms with Gasteiger partial charge in [0, 0.05) is 5.56 Å². The Bertz CT molecular complexity index is 901. The average Bonchev–Trinajstić information content (AvgIpc) is 2.55. The van der Waals surface area contributed by atoms with Crippen molar-refractivity contribution >= 4 is 21.9 Å². The molecule has 6 nitrogen and oxygen atoms in total. The molecule has 1 aliphatic heterocycles. The minimum Gasteiger partial charge on any atom is -0.506 e. The molecule has 0 fully saturated rings. The number of carbonyl (C=O) groups excluding carboxylic acids is 1. The molecule has 1 aliphatic rings. The summed E-state index contributed by atoms with van der Waals surface area (Å²) in [6.45, 7) is 2.77. The normalized spacial score (nSPS) is 17.4. The highest BCUT2D eigenvalue weighted by Gasteiger charge is 2.44. The fraction of sp³-hybridized carbons (Fsp3) is 0.294. The smallest absolute Gasteiger partial charge is 0.416 e. The summed E-state index contributed by atoms with van der Waals surface area (Å²) in [7, 11) is 0. The Hall–Kier alpha value is -2.67. The van der Waals surface area contributed by atoms with Crippen molar-refractivity contribution in [1.82, 2.24) is 0 Å². The third-order valence-electron chi connectivity index (χ3n) is 3.86. The lowest BCUT2D eigenvalue weighted by atomic mass is 9.80. The Morgan fingerprint density at radius 1 is 1.48 bits per heavy atom. The van der Waals surface area contributed by atoms with E-state index in [4.69, 9.17) is 15.2 Å². The van der Waals surface area contributed by atoms with E-state index in [0.717, 1.165) is 12.1 Å². The van der Waals surface area contributed by atoms with E-state index in [1.807, 2.05) is 0 Å². The number of phenols is 1. The number of phenolic OH excluding ortho intramolecular Hbond substituents is 1. The number of carbonyl (C=O) groups is 1. The average molecular weight is 447 g/mol. The van der Waals surface area contributed by atoms with E-state index >= 15 is 0 Å². The van der Waals surface area contributed by atoms with Gasteiger partial charge in [-0.25, -0.2) is 4.79 Å². The zero-order chi connectivity index (χ0) is 20.5. The van der Waals surface area contributed by atoms with Crippen LogP contribution in [0.3, 0.4) is 0 Å². The van der Waals surface area contributed by atoms with Gasteiger partial charge in [0.2, 0.25) is 5.88 Å². The van der Waals surface area contributed by atoms with Gasteiger partial charge in [-0.15, -0.1) is 0 Å². The second kappa shape index (κ2) is 7.52. The minimum absolute atomic E-state index is 0.0475. The number of esters is 1. The van der Waals surface area contributed by atoms with Crippen LogP contribution in [0.4, 0.5) is 13.2 Å². The van der Waals surface area contributed by atoms with Crippen LogP contribution in [-0.2, 0) is 20.4 Å². The van der Waals surface area contributed by atoms with Crippen molar-refractivity contribution < 1.29 is 32.5 Å². The van der Waals surface area contributed by atoms with Gasteiger partial charge in [-0.1, -0.05) is 0 Å². The number of aromatic hydroxyl groups is 1. The van der Waals surface area contributed by atoms with E-state index in [0.29, 0.717) is 0 Å². The number of nitriles is 1. The Morgan fingerprint density at radius 2 is 2.11 bits per heavy atom. The molecule has 1 aromatic rings. The largest absolute Gasteiger partial charge is 0.506 e. The maximum absolute atomic E-state index is 13.6. The molecule has 1 atom stereocenters. The molecule has 0 radical (unpaired) electrons. The van der Waals surface area contributed by atoms with Gasteiger partial charge in [0.1, 0.15) is 23.2 Å². The van der Waals surface area contributed by atoms with Gasteiger partial charge in [-0.05, 0) is 41.9 Å². The first kappa shape index (κ1) is 20.6. The lowest BCUT2D eigenvalue weighted by Gasteiger charge is -2.29. The summed E-state index contributed by atoms with van der Waals surface area (Å²) in [4.78, 5) is 12.4. The second-order valence-corrected chi connectivity index (χ2v) is 6.32. The van der Waals surface area contributed by atoms with Gasteiger partial charge < -0.3 is 20.3 Å². The first-order valence-corrected chi connectivity index (χ1v) is 8.37. The number of benzene rings is 1. The number of hydrogen-bond donors (Lipinski definition) is 2. The van der Waals surface area contributed by atoms with E-state index in [1.165, 1.54) is 13.8 Å². The molecule has 2 rings (SSSR count). The van der Waals surface area contributed by atoms with E-state index in [2.05, 4.69) is 15.9 Å². The van der Waals surface area contributed by atoms with Crippen LogP contribution in [0.2, 0.25) is 0 Å². The molecule has 0 amide bonds. The van der Waals surface area contributed by atoms with Crippen molar-refractivity contribution in [3.8, 4) is 11.8 Å². The third kappa shape index (κ3) is 3.73. The van der Waals surface area contributed by atoms with E-state index in [-0.39, 0.29) is 22.4 Å². The Balaban J connectivity index is 2.90. The molecule has 0 aliphatic carbocycles. The van der Waals surface area contributed by atoms with Gasteiger partial charge in [-0.3, -0.25) is 0 Å². The van der Waals surface area contributed by atoms with Gasteiger partial charge in [0.25, 0.3) is 0 Å². The van der Waals surface area contributed by atoms with Crippen LogP contribution < -0.4 is 5.73 Å². The van der Waals surface area contributed by atoms with Gasteiger partial charge in [0.15, 0.2) is 0 Å². The van der Waals surface area contributed by atoms with Crippen molar-refractivity contribution in [2.45, 2.75) is 25.9 Å². The number of rotatable bonds is 3. The van der Waals surface area contributed by atoms with Crippen LogP contribution in [0, 0.1) is 11.3 Å². The first-order chi connectivity index (χ1) is 12.5. The number of ether oxygens (including phenoxy) is 2. The predicted molar refractivity (Wildman–Crippen MR) is 90.8 cm³/mol. The highest BCUT2D eigenvalue weighted by molar-refractivity contribution is 9.10. The van der Waals surface area contributed by atoms with Gasteiger partial charge in [0.05, 0.1) is 28.1 Å². The fourth-order valence-electron chi connectivity index (χ4n) is 2.76. The summed E-state index contributed by atoms with van der Waals surface area (Å²) in [5.74, 6) is -3.94. The maximum Gasteiger partial charge on any atom is 0.416 e. The molecule has 1 aromatic carbocycles. The number of nitrogens with zero attached hydrogens (tertiary/aromatic N) is 1. The maximum atomic E-state index is 13.6. The lowest BCUT2D eigenvalue weighted by Crippen LogP contribution is -2.27. The number of nitrogens with two attached hydrogens (primary N) is 1. The van der Waals surface area contributed by atoms with Crippen molar-refractivity contribution in [1.29, 1.82) is 5.26 Å². The number of halogens is 4. The molecule has 0 spiro atoms. The van der Waals surface area contributed by atoms with Crippen LogP contribution >= 0.6 is 15.9 Å². The van der Waals surface area contributed by atoms with E-state index < -0.39 is 46.4 Å². The molecule has 10 heteroatoms. The molecule has 1 unspecified atom stereocenters. The molecule has 0 saturated heterocycles. The first-order valence-electron chi connectivity index (χ1n) is 7.58. The summed E-state index contributed by atoms with van der Waals surface area (Å²) < 4.78 is 50.8. The highest BCUT2D eigenvalue weighted by Crippen LogP contribution is 2.49. The molecule has 0 aromatic heterocycles. The summed E-state index contributed by atoms with van der Waals surface area (Å²) >= 11 is 2.96. The van der Waals surface area contributed by atoms with E-state index in [1.54, 1.807) is 6.07 Å². The molecule has 144 valence electrons. The third-order valence-corrected chi connectivity index (χ3v) is 4.50. The number of hydrogen-bond acceptors (Lipinski definition) is 6. The van der Waals surface area contributed by atoms with Gasteiger partial charge >= 0.3 is 12.1 Å². The SMILES string of the molecule is CCOC(=O)C1=C(C)OC(N)=C(C#N)C1c1c(C(F)(F)F)ccc(Br)c1O. The standard InChI is InChI=1S/C17H14BrF3N2O4/c1-3-26-16(25)11-7(2)27-15(23)8(6-22)12(11)13-9(17(19,20)21)4-5-10(18)14(13)24/h4-5,12,24H,3,23H2,1-2H3. The second-order valence-electron chi connectivity index (χ2n) is 5.47. The van der Waals surface area contributed by atoms with Crippen LogP contribution in [0.15, 0.2) is 39.4 Å². The van der Waals surface area contributed by atoms with Crippen molar-refractivity contribution in [3.63, 3.8) is 0 Å². The van der Waals surface area contributed by atoms with Crippen LogP contribution in [-0.4, -0.2) is 17.7 Å². The Labute approximate surface area is 160 Å². The van der Waals surface area contributed by atoms with Crippen molar-refractivity contribution in [2.75, 3.05) is 6.61 Å². The molecule has 3 N–H and O–H groups in total. The molecule has 0 bridgehead atoms. The minimum atomic E-state index is -4.87. The van der Waals surface area contributed by atoms with E-state index in [9.17, 15) is 28.3 Å². The monoisotopic (exact) mass is 446 g/mol. The predicted octanol–water partition coefficient (Wildman–Crippen LogP) is 3.82. The van der Waals surface area contributed by atoms with Crippen LogP contribution in [0.25, 0.3) is 0 Å². The quantitative estimate of drug-likeness (QED) is 0.683. The molecule has 0 saturated carbocycles. The molecule has 27 heavy (non-hydrogen) atoms. The summed E-state index contributed by atoms with van der Waals surface area (Å²) in [5.41, 5.74) is 2.97.